The molecule has 2 aromatic heterocycles. The molecule has 2 heterocycles. The SMILES string of the molecule is C[C@]1(O)CC[C@H](Nc2nnc(-c3ccc(C(F)(F)F)cc3O)c3ccncc23)C1. The van der Waals surface area contributed by atoms with Crippen LogP contribution in [0.15, 0.2) is 36.7 Å². The number of nitrogens with one attached hydrogen (secondary N) is 1. The smallest absolute Gasteiger partial charge is 0.416 e. The zero-order chi connectivity index (χ0) is 20.8. The van der Waals surface area contributed by atoms with E-state index in [0.717, 1.165) is 12.5 Å². The van der Waals surface area contributed by atoms with E-state index in [1.807, 2.05) is 0 Å². The number of hydrogen-bond donors (Lipinski definition) is 3. The van der Waals surface area contributed by atoms with Crippen LogP contribution < -0.4 is 5.32 Å². The van der Waals surface area contributed by atoms with Gasteiger partial charge in [-0.1, -0.05) is 0 Å². The minimum absolute atomic E-state index is 0.0213. The molecular formula is C20H19F3N4O2. The Morgan fingerprint density at radius 1 is 1.17 bits per heavy atom. The lowest BCUT2D eigenvalue weighted by atomic mass is 10.0. The van der Waals surface area contributed by atoms with Crippen molar-refractivity contribution in [2.75, 3.05) is 5.32 Å². The van der Waals surface area contributed by atoms with Gasteiger partial charge in [-0.05, 0) is 50.5 Å². The predicted molar refractivity (Wildman–Crippen MR) is 101 cm³/mol. The van der Waals surface area contributed by atoms with Crippen molar-refractivity contribution in [1.82, 2.24) is 15.2 Å². The zero-order valence-electron chi connectivity index (χ0n) is 15.5. The van der Waals surface area contributed by atoms with Crippen LogP contribution in [0, 0.1) is 0 Å². The number of halogens is 3. The first-order valence-corrected chi connectivity index (χ1v) is 9.14. The molecule has 1 aliphatic rings. The van der Waals surface area contributed by atoms with Crippen molar-refractivity contribution in [3.05, 3.63) is 42.2 Å². The van der Waals surface area contributed by atoms with Crippen molar-refractivity contribution in [1.29, 1.82) is 0 Å². The Morgan fingerprint density at radius 3 is 2.62 bits per heavy atom. The molecular weight excluding hydrogens is 385 g/mol. The van der Waals surface area contributed by atoms with Crippen molar-refractivity contribution in [2.45, 2.75) is 44.0 Å². The third-order valence-electron chi connectivity index (χ3n) is 5.22. The number of rotatable bonds is 3. The van der Waals surface area contributed by atoms with Gasteiger partial charge in [-0.15, -0.1) is 10.2 Å². The summed E-state index contributed by atoms with van der Waals surface area (Å²) in [7, 11) is 0. The number of aromatic hydroxyl groups is 1. The van der Waals surface area contributed by atoms with Gasteiger partial charge in [-0.25, -0.2) is 0 Å². The summed E-state index contributed by atoms with van der Waals surface area (Å²) >= 11 is 0. The molecule has 0 unspecified atom stereocenters. The van der Waals surface area contributed by atoms with E-state index >= 15 is 0 Å². The summed E-state index contributed by atoms with van der Waals surface area (Å²) in [6, 6.07) is 4.45. The predicted octanol–water partition coefficient (Wildman–Crippen LogP) is 4.13. The number of anilines is 1. The molecule has 6 nitrogen and oxygen atoms in total. The maximum atomic E-state index is 12.9. The average molecular weight is 404 g/mol. The molecule has 0 radical (unpaired) electrons. The van der Waals surface area contributed by atoms with Gasteiger partial charge in [0.15, 0.2) is 5.82 Å². The minimum Gasteiger partial charge on any atom is -0.507 e. The highest BCUT2D eigenvalue weighted by molar-refractivity contribution is 6.00. The molecule has 0 amide bonds. The molecule has 2 atom stereocenters. The third kappa shape index (κ3) is 3.82. The molecule has 0 aliphatic heterocycles. The first-order chi connectivity index (χ1) is 13.6. The van der Waals surface area contributed by atoms with Crippen LogP contribution in [0.5, 0.6) is 5.75 Å². The fourth-order valence-corrected chi connectivity index (χ4v) is 3.75. The number of aromatic nitrogens is 3. The number of fused-ring (bicyclic) bond motifs is 1. The van der Waals surface area contributed by atoms with E-state index in [9.17, 15) is 23.4 Å². The van der Waals surface area contributed by atoms with E-state index < -0.39 is 23.1 Å². The number of pyridine rings is 1. The minimum atomic E-state index is -4.55. The normalized spacial score (nSPS) is 22.2. The van der Waals surface area contributed by atoms with Gasteiger partial charge in [0.25, 0.3) is 0 Å². The van der Waals surface area contributed by atoms with Gasteiger partial charge < -0.3 is 15.5 Å². The Balaban J connectivity index is 1.74. The molecule has 3 aromatic rings. The van der Waals surface area contributed by atoms with Gasteiger partial charge >= 0.3 is 6.18 Å². The van der Waals surface area contributed by atoms with Crippen LogP contribution in [0.4, 0.5) is 19.0 Å². The van der Waals surface area contributed by atoms with Crippen LogP contribution in [0.2, 0.25) is 0 Å². The van der Waals surface area contributed by atoms with E-state index in [0.29, 0.717) is 35.5 Å². The second-order valence-corrected chi connectivity index (χ2v) is 7.63. The molecule has 0 bridgehead atoms. The third-order valence-corrected chi connectivity index (χ3v) is 5.22. The molecule has 29 heavy (non-hydrogen) atoms. The van der Waals surface area contributed by atoms with E-state index in [1.165, 1.54) is 6.07 Å². The molecule has 1 saturated carbocycles. The van der Waals surface area contributed by atoms with Crippen LogP contribution in [-0.2, 0) is 6.18 Å². The van der Waals surface area contributed by atoms with Gasteiger partial charge in [0.05, 0.1) is 11.2 Å². The summed E-state index contributed by atoms with van der Waals surface area (Å²) in [6.45, 7) is 1.79. The summed E-state index contributed by atoms with van der Waals surface area (Å²) < 4.78 is 38.6. The van der Waals surface area contributed by atoms with Gasteiger partial charge in [-0.3, -0.25) is 4.98 Å². The van der Waals surface area contributed by atoms with E-state index in [2.05, 4.69) is 20.5 Å². The van der Waals surface area contributed by atoms with Crippen LogP contribution in [0.3, 0.4) is 0 Å². The number of nitrogens with zero attached hydrogens (tertiary/aromatic N) is 3. The lowest BCUT2D eigenvalue weighted by Gasteiger charge is -2.18. The van der Waals surface area contributed by atoms with Crippen molar-refractivity contribution >= 4 is 16.6 Å². The summed E-state index contributed by atoms with van der Waals surface area (Å²) in [5.74, 6) is -0.0502. The molecule has 1 aliphatic carbocycles. The van der Waals surface area contributed by atoms with Crippen molar-refractivity contribution < 1.29 is 23.4 Å². The lowest BCUT2D eigenvalue weighted by Crippen LogP contribution is -2.24. The summed E-state index contributed by atoms with van der Waals surface area (Å²) in [4.78, 5) is 4.11. The van der Waals surface area contributed by atoms with E-state index in [-0.39, 0.29) is 17.3 Å². The Labute approximate surface area is 164 Å². The first-order valence-electron chi connectivity index (χ1n) is 9.14. The fourth-order valence-electron chi connectivity index (χ4n) is 3.75. The molecule has 3 N–H and O–H groups in total. The monoisotopic (exact) mass is 404 g/mol. The molecule has 0 spiro atoms. The molecule has 4 rings (SSSR count). The highest BCUT2D eigenvalue weighted by Crippen LogP contribution is 2.39. The Kier molecular flexibility index (Phi) is 4.57. The maximum Gasteiger partial charge on any atom is 0.416 e. The van der Waals surface area contributed by atoms with Crippen LogP contribution >= 0.6 is 0 Å². The highest BCUT2D eigenvalue weighted by Gasteiger charge is 2.34. The first kappa shape index (κ1) is 19.4. The van der Waals surface area contributed by atoms with Gasteiger partial charge in [0.2, 0.25) is 0 Å². The van der Waals surface area contributed by atoms with Gasteiger partial charge in [0, 0.05) is 34.8 Å². The van der Waals surface area contributed by atoms with E-state index in [4.69, 9.17) is 0 Å². The topological polar surface area (TPSA) is 91.2 Å². The Hall–Kier alpha value is -2.94. The lowest BCUT2D eigenvalue weighted by molar-refractivity contribution is -0.137. The van der Waals surface area contributed by atoms with Crippen LogP contribution in [0.25, 0.3) is 22.0 Å². The highest BCUT2D eigenvalue weighted by atomic mass is 19.4. The Bertz CT molecular complexity index is 1070. The number of aliphatic hydroxyl groups is 1. The van der Waals surface area contributed by atoms with Gasteiger partial charge in [0.1, 0.15) is 11.4 Å². The number of phenolic OH excluding ortho intramolecular Hbond substituents is 1. The summed E-state index contributed by atoms with van der Waals surface area (Å²) in [6.07, 6.45) is 0.592. The average Bonchev–Trinajstić information content (AvgIpc) is 3.00. The number of hydrogen-bond acceptors (Lipinski definition) is 6. The number of phenols is 1. The summed E-state index contributed by atoms with van der Waals surface area (Å²) in [5.41, 5.74) is -1.26. The quantitative estimate of drug-likeness (QED) is 0.608. The molecule has 1 aromatic carbocycles. The fraction of sp³-hybridized carbons (Fsp3) is 0.350. The molecule has 9 heteroatoms. The second-order valence-electron chi connectivity index (χ2n) is 7.63. The summed E-state index contributed by atoms with van der Waals surface area (Å²) in [5, 5.41) is 33.2. The number of benzene rings is 1. The van der Waals surface area contributed by atoms with Crippen LogP contribution in [-0.4, -0.2) is 37.0 Å². The largest absolute Gasteiger partial charge is 0.507 e. The van der Waals surface area contributed by atoms with Crippen LogP contribution in [0.1, 0.15) is 31.7 Å². The van der Waals surface area contributed by atoms with Crippen molar-refractivity contribution in [3.63, 3.8) is 0 Å². The van der Waals surface area contributed by atoms with E-state index in [1.54, 1.807) is 25.4 Å². The van der Waals surface area contributed by atoms with Gasteiger partial charge in [-0.2, -0.15) is 13.2 Å². The second kappa shape index (κ2) is 6.84. The van der Waals surface area contributed by atoms with Crippen molar-refractivity contribution in [2.24, 2.45) is 0 Å². The molecule has 152 valence electrons. The maximum absolute atomic E-state index is 12.9. The van der Waals surface area contributed by atoms with Crippen molar-refractivity contribution in [3.8, 4) is 17.0 Å². The Morgan fingerprint density at radius 2 is 1.97 bits per heavy atom. The zero-order valence-corrected chi connectivity index (χ0v) is 15.5. The standard InChI is InChI=1S/C20H19F3N4O2/c1-19(29)6-4-12(9-19)25-18-15-10-24-7-5-13(15)17(26-27-18)14-3-2-11(8-16(14)28)20(21,22)23/h2-3,5,7-8,10,12,28-29H,4,6,9H2,1H3,(H,25,27)/t12-,19-/m0/s1. The molecule has 0 saturated heterocycles. The molecule has 1 fully saturated rings. The number of alkyl halides is 3.